The zero-order valence-electron chi connectivity index (χ0n) is 18.5. The number of likely N-dealkylation sites (tertiary alicyclic amines) is 1. The van der Waals surface area contributed by atoms with E-state index in [0.717, 1.165) is 44.3 Å². The molecular formula is C26H28N2O5. The summed E-state index contributed by atoms with van der Waals surface area (Å²) in [6.07, 6.45) is 4.63. The van der Waals surface area contributed by atoms with Crippen molar-refractivity contribution < 1.29 is 24.2 Å². The van der Waals surface area contributed by atoms with E-state index in [-0.39, 0.29) is 23.8 Å². The summed E-state index contributed by atoms with van der Waals surface area (Å²) in [5.74, 6) is 0.455. The summed E-state index contributed by atoms with van der Waals surface area (Å²) < 4.78 is 11.6. The van der Waals surface area contributed by atoms with Gasteiger partial charge in [-0.2, -0.15) is 0 Å². The van der Waals surface area contributed by atoms with Gasteiger partial charge in [-0.25, -0.2) is 4.79 Å². The third kappa shape index (κ3) is 3.64. The first-order valence-corrected chi connectivity index (χ1v) is 11.8. The summed E-state index contributed by atoms with van der Waals surface area (Å²) in [7, 11) is 0. The van der Waals surface area contributed by atoms with Gasteiger partial charge in [-0.05, 0) is 67.2 Å². The minimum atomic E-state index is -0.951. The number of carboxylic acids is 1. The number of carbonyl (C=O) groups is 2. The molecule has 1 unspecified atom stereocenters. The number of rotatable bonds is 4. The molecule has 1 amide bonds. The molecule has 7 nitrogen and oxygen atoms in total. The number of piperidine rings is 1. The molecular weight excluding hydrogens is 420 g/mol. The average molecular weight is 449 g/mol. The van der Waals surface area contributed by atoms with Gasteiger partial charge in [-0.3, -0.25) is 4.79 Å². The number of nitrogens with zero attached hydrogens (tertiary/aromatic N) is 1. The second kappa shape index (κ2) is 7.76. The fourth-order valence-electron chi connectivity index (χ4n) is 5.75. The van der Waals surface area contributed by atoms with Gasteiger partial charge < -0.3 is 24.8 Å². The molecule has 172 valence electrons. The van der Waals surface area contributed by atoms with Crippen LogP contribution in [0.3, 0.4) is 0 Å². The second-order valence-corrected chi connectivity index (χ2v) is 9.77. The zero-order valence-corrected chi connectivity index (χ0v) is 18.5. The standard InChI is InChI=1S/C26H28N2O5/c29-24(22-2-1-13-32-22)28-11-9-26(10-12-28)15-19(26)16-3-5-17(6-4-16)23-27-20-14-18(25(30)31)7-8-21(20)33-23/h3-8,14,19,22-23,27H,1-2,9-13,15H2,(H,30,31)/t19-,22-,23?/m1/s1. The molecule has 1 saturated carbocycles. The molecule has 6 rings (SSSR count). The van der Waals surface area contributed by atoms with Crippen LogP contribution >= 0.6 is 0 Å². The molecule has 2 aromatic rings. The van der Waals surface area contributed by atoms with Crippen LogP contribution in [0.4, 0.5) is 5.69 Å². The molecule has 3 heterocycles. The summed E-state index contributed by atoms with van der Waals surface area (Å²) in [4.78, 5) is 25.8. The molecule has 2 saturated heterocycles. The SMILES string of the molecule is O=C(O)c1ccc2c(c1)NC(c1ccc([C@H]3CC34CCN(C(=O)[C@H]3CCCO3)CC4)cc1)O2. The Morgan fingerprint density at radius 1 is 1.06 bits per heavy atom. The van der Waals surface area contributed by atoms with Crippen molar-refractivity contribution in [3.8, 4) is 5.75 Å². The molecule has 1 aliphatic carbocycles. The van der Waals surface area contributed by atoms with Crippen LogP contribution in [0.15, 0.2) is 42.5 Å². The van der Waals surface area contributed by atoms with E-state index in [1.165, 1.54) is 12.0 Å². The van der Waals surface area contributed by atoms with Crippen LogP contribution in [0.1, 0.15) is 65.7 Å². The summed E-state index contributed by atoms with van der Waals surface area (Å²) in [6.45, 7) is 2.39. The van der Waals surface area contributed by atoms with Crippen molar-refractivity contribution in [2.45, 2.75) is 50.4 Å². The predicted octanol–water partition coefficient (Wildman–Crippen LogP) is 4.16. The van der Waals surface area contributed by atoms with E-state index in [9.17, 15) is 14.7 Å². The molecule has 4 aliphatic rings. The Bertz CT molecular complexity index is 1080. The highest BCUT2D eigenvalue weighted by Crippen LogP contribution is 2.65. The van der Waals surface area contributed by atoms with Crippen LogP contribution < -0.4 is 10.1 Å². The molecule has 7 heteroatoms. The van der Waals surface area contributed by atoms with E-state index in [1.807, 2.05) is 4.90 Å². The van der Waals surface area contributed by atoms with Gasteiger partial charge in [0.1, 0.15) is 11.9 Å². The maximum Gasteiger partial charge on any atom is 0.335 e. The number of ether oxygens (including phenoxy) is 2. The average Bonchev–Trinajstić information content (AvgIpc) is 3.21. The van der Waals surface area contributed by atoms with Gasteiger partial charge in [0, 0.05) is 25.3 Å². The van der Waals surface area contributed by atoms with Gasteiger partial charge in [-0.15, -0.1) is 0 Å². The van der Waals surface area contributed by atoms with Crippen molar-refractivity contribution in [1.82, 2.24) is 4.90 Å². The van der Waals surface area contributed by atoms with Gasteiger partial charge in [0.25, 0.3) is 5.91 Å². The fraction of sp³-hybridized carbons (Fsp3) is 0.462. The number of fused-ring (bicyclic) bond motifs is 1. The fourth-order valence-corrected chi connectivity index (χ4v) is 5.75. The van der Waals surface area contributed by atoms with Gasteiger partial charge in [-0.1, -0.05) is 24.3 Å². The Balaban J connectivity index is 1.07. The van der Waals surface area contributed by atoms with E-state index in [4.69, 9.17) is 9.47 Å². The summed E-state index contributed by atoms with van der Waals surface area (Å²) in [6, 6.07) is 13.4. The van der Waals surface area contributed by atoms with Crippen LogP contribution in [0.5, 0.6) is 5.75 Å². The largest absolute Gasteiger partial charge is 0.478 e. The molecule has 1 spiro atoms. The smallest absolute Gasteiger partial charge is 0.335 e. The lowest BCUT2D eigenvalue weighted by Crippen LogP contribution is -2.44. The van der Waals surface area contributed by atoms with Crippen LogP contribution in [0.2, 0.25) is 0 Å². The Morgan fingerprint density at radius 3 is 2.52 bits per heavy atom. The third-order valence-electron chi connectivity index (χ3n) is 7.87. The molecule has 0 aromatic heterocycles. The minimum Gasteiger partial charge on any atom is -0.478 e. The van der Waals surface area contributed by atoms with Crippen LogP contribution in [0, 0.1) is 5.41 Å². The van der Waals surface area contributed by atoms with E-state index in [2.05, 4.69) is 29.6 Å². The van der Waals surface area contributed by atoms with Gasteiger partial charge in [0.2, 0.25) is 0 Å². The normalized spacial score (nSPS) is 27.0. The number of amides is 1. The molecule has 0 bridgehead atoms. The van der Waals surface area contributed by atoms with Gasteiger partial charge >= 0.3 is 5.97 Å². The monoisotopic (exact) mass is 448 g/mol. The van der Waals surface area contributed by atoms with Crippen molar-refractivity contribution in [3.05, 3.63) is 59.2 Å². The van der Waals surface area contributed by atoms with Crippen molar-refractivity contribution in [1.29, 1.82) is 0 Å². The zero-order chi connectivity index (χ0) is 22.6. The molecule has 2 N–H and O–H groups in total. The molecule has 3 atom stereocenters. The first kappa shape index (κ1) is 20.5. The molecule has 3 aliphatic heterocycles. The summed E-state index contributed by atoms with van der Waals surface area (Å²) >= 11 is 0. The Hall–Kier alpha value is -3.06. The van der Waals surface area contributed by atoms with Gasteiger partial charge in [0.05, 0.1) is 11.3 Å². The van der Waals surface area contributed by atoms with Crippen molar-refractivity contribution in [3.63, 3.8) is 0 Å². The second-order valence-electron chi connectivity index (χ2n) is 9.77. The predicted molar refractivity (Wildman–Crippen MR) is 121 cm³/mol. The molecule has 33 heavy (non-hydrogen) atoms. The highest BCUT2D eigenvalue weighted by atomic mass is 16.5. The van der Waals surface area contributed by atoms with Crippen LogP contribution in [-0.2, 0) is 9.53 Å². The number of benzene rings is 2. The minimum absolute atomic E-state index is 0.185. The number of nitrogens with one attached hydrogen (secondary N) is 1. The van der Waals surface area contributed by atoms with Gasteiger partial charge in [0.15, 0.2) is 6.23 Å². The maximum absolute atomic E-state index is 12.6. The molecule has 0 radical (unpaired) electrons. The number of aromatic carboxylic acids is 1. The van der Waals surface area contributed by atoms with Crippen molar-refractivity contribution in [2.75, 3.05) is 25.0 Å². The quantitative estimate of drug-likeness (QED) is 0.730. The topological polar surface area (TPSA) is 88.1 Å². The summed E-state index contributed by atoms with van der Waals surface area (Å²) in [5.41, 5.74) is 3.64. The van der Waals surface area contributed by atoms with Crippen LogP contribution in [-0.4, -0.2) is 47.7 Å². The number of hydrogen-bond acceptors (Lipinski definition) is 5. The first-order valence-electron chi connectivity index (χ1n) is 11.8. The number of hydrogen-bond donors (Lipinski definition) is 2. The van der Waals surface area contributed by atoms with E-state index >= 15 is 0 Å². The van der Waals surface area contributed by atoms with Crippen molar-refractivity contribution in [2.24, 2.45) is 5.41 Å². The van der Waals surface area contributed by atoms with Crippen molar-refractivity contribution >= 4 is 17.6 Å². The highest BCUT2D eigenvalue weighted by Gasteiger charge is 2.55. The third-order valence-corrected chi connectivity index (χ3v) is 7.87. The molecule has 3 fully saturated rings. The first-order chi connectivity index (χ1) is 16.0. The Kier molecular flexibility index (Phi) is 4.83. The lowest BCUT2D eigenvalue weighted by molar-refractivity contribution is -0.142. The van der Waals surface area contributed by atoms with E-state index in [0.29, 0.717) is 29.4 Å². The van der Waals surface area contributed by atoms with E-state index in [1.54, 1.807) is 18.2 Å². The number of carboxylic acid groups (broad SMARTS) is 1. The lowest BCUT2D eigenvalue weighted by atomic mass is 9.88. The lowest BCUT2D eigenvalue weighted by Gasteiger charge is -2.34. The van der Waals surface area contributed by atoms with E-state index < -0.39 is 5.97 Å². The van der Waals surface area contributed by atoms with Crippen LogP contribution in [0.25, 0.3) is 0 Å². The molecule has 2 aromatic carbocycles. The summed E-state index contributed by atoms with van der Waals surface area (Å²) in [5, 5.41) is 12.5. The Morgan fingerprint density at radius 2 is 1.82 bits per heavy atom. The highest BCUT2D eigenvalue weighted by molar-refractivity contribution is 5.89. The Labute approximate surface area is 192 Å². The maximum atomic E-state index is 12.6. The number of anilines is 1. The number of carbonyl (C=O) groups excluding carboxylic acids is 1.